The number of sulfonamides is 1. The van der Waals surface area contributed by atoms with Gasteiger partial charge in [-0.1, -0.05) is 6.92 Å². The minimum absolute atomic E-state index is 0.162. The van der Waals surface area contributed by atoms with Crippen LogP contribution >= 0.6 is 0 Å². The zero-order valence-corrected chi connectivity index (χ0v) is 16.0. The third-order valence-electron chi connectivity index (χ3n) is 4.38. The molecule has 10 heteroatoms. The number of carbonyl (C=O) groups excluding carboxylic acids is 1. The highest BCUT2D eigenvalue weighted by atomic mass is 32.2. The number of aryl methyl sites for hydroxylation is 1. The summed E-state index contributed by atoms with van der Waals surface area (Å²) in [6, 6.07) is 1.87. The molecule has 2 N–H and O–H groups in total. The minimum Gasteiger partial charge on any atom is -0.295 e. The molecule has 1 unspecified atom stereocenters. The monoisotopic (exact) mass is 410 g/mol. The third-order valence-corrected chi connectivity index (χ3v) is 5.94. The smallest absolute Gasteiger partial charge is 0.243 e. The van der Waals surface area contributed by atoms with E-state index in [1.807, 2.05) is 6.92 Å². The summed E-state index contributed by atoms with van der Waals surface area (Å²) < 4.78 is 54.2. The Labute approximate surface area is 161 Å². The van der Waals surface area contributed by atoms with Crippen LogP contribution in [-0.2, 0) is 27.7 Å². The highest BCUT2D eigenvalue weighted by molar-refractivity contribution is 7.89. The van der Waals surface area contributed by atoms with Crippen LogP contribution in [0.5, 0.6) is 0 Å². The molecule has 0 bridgehead atoms. The van der Waals surface area contributed by atoms with Crippen LogP contribution in [0.2, 0.25) is 0 Å². The van der Waals surface area contributed by atoms with Gasteiger partial charge in [-0.3, -0.25) is 10.1 Å². The molecule has 1 aliphatic rings. The molecule has 150 valence electrons. The molecule has 3 rings (SSSR count). The molecule has 28 heavy (non-hydrogen) atoms. The lowest BCUT2D eigenvalue weighted by molar-refractivity contribution is -0.116. The second-order valence-electron chi connectivity index (χ2n) is 6.60. The van der Waals surface area contributed by atoms with Gasteiger partial charge in [-0.05, 0) is 43.4 Å². The summed E-state index contributed by atoms with van der Waals surface area (Å²) in [6.45, 7) is 1.90. The molecule has 0 radical (unpaired) electrons. The number of fused-ring (bicyclic) bond motifs is 1. The molecule has 1 heterocycles. The summed E-state index contributed by atoms with van der Waals surface area (Å²) in [5.41, 5.74) is 1.50. The number of benzene rings is 1. The summed E-state index contributed by atoms with van der Waals surface area (Å²) in [7, 11) is -4.13. The van der Waals surface area contributed by atoms with Gasteiger partial charge in [-0.15, -0.1) is 0 Å². The molecular weight excluding hydrogens is 390 g/mol. The van der Waals surface area contributed by atoms with Crippen LogP contribution in [0.1, 0.15) is 37.4 Å². The maximum atomic E-state index is 13.8. The Balaban J connectivity index is 1.70. The average molecular weight is 410 g/mol. The summed E-state index contributed by atoms with van der Waals surface area (Å²) in [5.74, 6) is -1.92. The summed E-state index contributed by atoms with van der Waals surface area (Å²) in [4.78, 5) is 19.5. The molecule has 2 aromatic rings. The van der Waals surface area contributed by atoms with Gasteiger partial charge in [0.25, 0.3) is 0 Å². The fourth-order valence-electron chi connectivity index (χ4n) is 3.06. The lowest BCUT2D eigenvalue weighted by atomic mass is 9.94. The van der Waals surface area contributed by atoms with Crippen LogP contribution in [0.3, 0.4) is 0 Å². The van der Waals surface area contributed by atoms with E-state index in [1.54, 1.807) is 6.20 Å². The van der Waals surface area contributed by atoms with E-state index in [4.69, 9.17) is 0 Å². The molecule has 0 fully saturated rings. The predicted molar refractivity (Wildman–Crippen MR) is 98.1 cm³/mol. The van der Waals surface area contributed by atoms with Crippen molar-refractivity contribution in [3.8, 4) is 0 Å². The lowest BCUT2D eigenvalue weighted by Crippen LogP contribution is -2.39. The first-order chi connectivity index (χ1) is 13.3. The summed E-state index contributed by atoms with van der Waals surface area (Å²) >= 11 is 0. The Kier molecular flexibility index (Phi) is 5.99. The minimum atomic E-state index is -4.13. The topological polar surface area (TPSA) is 101 Å². The van der Waals surface area contributed by atoms with E-state index in [0.29, 0.717) is 38.2 Å². The Morgan fingerprint density at radius 2 is 2.11 bits per heavy atom. The van der Waals surface area contributed by atoms with Crippen molar-refractivity contribution in [1.29, 1.82) is 0 Å². The number of nitrogens with zero attached hydrogens (tertiary/aromatic N) is 2. The number of rotatable bonds is 6. The highest BCUT2D eigenvalue weighted by Crippen LogP contribution is 2.23. The number of halogens is 2. The van der Waals surface area contributed by atoms with Crippen LogP contribution in [0.25, 0.3) is 0 Å². The first-order valence-corrected chi connectivity index (χ1v) is 10.4. The van der Waals surface area contributed by atoms with Gasteiger partial charge >= 0.3 is 0 Å². The zero-order valence-electron chi connectivity index (χ0n) is 15.2. The number of nitrogens with one attached hydrogen (secondary N) is 2. The first-order valence-electron chi connectivity index (χ1n) is 8.90. The van der Waals surface area contributed by atoms with Gasteiger partial charge in [-0.25, -0.2) is 31.9 Å². The third kappa shape index (κ3) is 4.68. The first kappa shape index (κ1) is 20.3. The Morgan fingerprint density at radius 1 is 1.32 bits per heavy atom. The SMILES string of the molecule is CCCC(=O)Nc1ncc2c(n1)CCC(NS(=O)(=O)c1ccc(F)cc1F)C2. The fourth-order valence-corrected chi connectivity index (χ4v) is 4.39. The van der Waals surface area contributed by atoms with Crippen molar-refractivity contribution in [2.45, 2.75) is 50.0 Å². The van der Waals surface area contributed by atoms with Gasteiger partial charge in [0.2, 0.25) is 21.9 Å². The molecule has 1 aliphatic carbocycles. The molecule has 1 aromatic carbocycles. The number of amides is 1. The Bertz CT molecular complexity index is 998. The van der Waals surface area contributed by atoms with Gasteiger partial charge in [0.1, 0.15) is 16.5 Å². The second-order valence-corrected chi connectivity index (χ2v) is 8.28. The largest absolute Gasteiger partial charge is 0.295 e. The van der Waals surface area contributed by atoms with E-state index in [9.17, 15) is 22.0 Å². The highest BCUT2D eigenvalue weighted by Gasteiger charge is 2.27. The molecule has 0 saturated heterocycles. The number of carbonyl (C=O) groups is 1. The van der Waals surface area contributed by atoms with E-state index in [2.05, 4.69) is 20.0 Å². The summed E-state index contributed by atoms with van der Waals surface area (Å²) in [6.07, 6.45) is 3.92. The number of hydrogen-bond donors (Lipinski definition) is 2. The molecule has 0 saturated carbocycles. The molecule has 1 aromatic heterocycles. The molecule has 1 atom stereocenters. The maximum absolute atomic E-state index is 13.8. The van der Waals surface area contributed by atoms with Gasteiger partial charge in [-0.2, -0.15) is 0 Å². The molecule has 0 aliphatic heterocycles. The van der Waals surface area contributed by atoms with E-state index in [0.717, 1.165) is 23.4 Å². The second kappa shape index (κ2) is 8.27. The van der Waals surface area contributed by atoms with Crippen molar-refractivity contribution < 1.29 is 22.0 Å². The van der Waals surface area contributed by atoms with E-state index >= 15 is 0 Å². The van der Waals surface area contributed by atoms with E-state index in [-0.39, 0.29) is 11.9 Å². The number of anilines is 1. The van der Waals surface area contributed by atoms with Gasteiger partial charge < -0.3 is 0 Å². The lowest BCUT2D eigenvalue weighted by Gasteiger charge is -2.24. The molecule has 1 amide bonds. The van der Waals surface area contributed by atoms with E-state index < -0.39 is 32.6 Å². The van der Waals surface area contributed by atoms with E-state index in [1.165, 1.54) is 0 Å². The quantitative estimate of drug-likeness (QED) is 0.761. The van der Waals surface area contributed by atoms with Gasteiger partial charge in [0.15, 0.2) is 0 Å². The van der Waals surface area contributed by atoms with Crippen LogP contribution in [0.15, 0.2) is 29.3 Å². The normalized spacial score (nSPS) is 16.5. The van der Waals surface area contributed by atoms with Gasteiger partial charge in [0.05, 0.1) is 0 Å². The Hall–Kier alpha value is -2.46. The van der Waals surface area contributed by atoms with Crippen LogP contribution in [-0.4, -0.2) is 30.3 Å². The van der Waals surface area contributed by atoms with Gasteiger partial charge in [0, 0.05) is 30.4 Å². The molecule has 0 spiro atoms. The van der Waals surface area contributed by atoms with Crippen LogP contribution in [0.4, 0.5) is 14.7 Å². The van der Waals surface area contributed by atoms with Crippen molar-refractivity contribution in [1.82, 2.24) is 14.7 Å². The fraction of sp³-hybridized carbons (Fsp3) is 0.389. The summed E-state index contributed by atoms with van der Waals surface area (Å²) in [5, 5.41) is 2.63. The maximum Gasteiger partial charge on any atom is 0.243 e. The number of aromatic nitrogens is 2. The van der Waals surface area contributed by atoms with Crippen LogP contribution < -0.4 is 10.0 Å². The van der Waals surface area contributed by atoms with Crippen molar-refractivity contribution in [2.75, 3.05) is 5.32 Å². The van der Waals surface area contributed by atoms with Crippen LogP contribution in [0, 0.1) is 11.6 Å². The van der Waals surface area contributed by atoms with Crippen molar-refractivity contribution >= 4 is 21.9 Å². The zero-order chi connectivity index (χ0) is 20.3. The Morgan fingerprint density at radius 3 is 2.82 bits per heavy atom. The predicted octanol–water partition coefficient (Wildman–Crippen LogP) is 2.33. The molecule has 7 nitrogen and oxygen atoms in total. The number of hydrogen-bond acceptors (Lipinski definition) is 5. The standard InChI is InChI=1S/C18H20F2N4O3S/c1-2-3-17(25)23-18-21-10-11-8-13(5-6-15(11)22-18)24-28(26,27)16-7-4-12(19)9-14(16)20/h4,7,9-10,13,24H,2-3,5-6,8H2,1H3,(H,21,22,23,25). The molecular formula is C18H20F2N4O3S. The average Bonchev–Trinajstić information content (AvgIpc) is 2.61. The van der Waals surface area contributed by atoms with Crippen molar-refractivity contribution in [3.63, 3.8) is 0 Å². The van der Waals surface area contributed by atoms with Crippen molar-refractivity contribution in [2.24, 2.45) is 0 Å². The van der Waals surface area contributed by atoms with Crippen molar-refractivity contribution in [3.05, 3.63) is 47.3 Å².